The fraction of sp³-hybridized carbons (Fsp3) is 0.467. The molecular weight excluding hydrogens is 208 g/mol. The molecule has 0 radical (unpaired) electrons. The maximum atomic E-state index is 3.54. The third-order valence-electron chi connectivity index (χ3n) is 3.88. The minimum atomic E-state index is 0.662. The van der Waals surface area contributed by atoms with Gasteiger partial charge in [0.25, 0.3) is 0 Å². The van der Waals surface area contributed by atoms with Crippen molar-refractivity contribution < 1.29 is 0 Å². The van der Waals surface area contributed by atoms with Gasteiger partial charge < -0.3 is 10.3 Å². The number of H-pyrrole nitrogens is 1. The molecule has 2 heterocycles. The first-order valence-electron chi connectivity index (χ1n) is 6.52. The summed E-state index contributed by atoms with van der Waals surface area (Å²) >= 11 is 0. The van der Waals surface area contributed by atoms with Gasteiger partial charge in [0.05, 0.1) is 0 Å². The van der Waals surface area contributed by atoms with Crippen molar-refractivity contribution in [3.8, 4) is 0 Å². The van der Waals surface area contributed by atoms with Crippen molar-refractivity contribution in [2.45, 2.75) is 26.2 Å². The second-order valence-electron chi connectivity index (χ2n) is 5.49. The van der Waals surface area contributed by atoms with Crippen LogP contribution in [0, 0.1) is 12.8 Å². The van der Waals surface area contributed by atoms with E-state index in [1.54, 1.807) is 0 Å². The van der Waals surface area contributed by atoms with Crippen LogP contribution in [0.25, 0.3) is 10.9 Å². The van der Waals surface area contributed by atoms with Crippen LogP contribution in [0.15, 0.2) is 24.4 Å². The molecular formula is C15H20N2. The van der Waals surface area contributed by atoms with Gasteiger partial charge in [0.2, 0.25) is 0 Å². The summed E-state index contributed by atoms with van der Waals surface area (Å²) in [6.07, 6.45) is 3.50. The third-order valence-corrected chi connectivity index (χ3v) is 3.88. The van der Waals surface area contributed by atoms with E-state index >= 15 is 0 Å². The Morgan fingerprint density at radius 1 is 1.24 bits per heavy atom. The van der Waals surface area contributed by atoms with Crippen LogP contribution in [0.3, 0.4) is 0 Å². The summed E-state index contributed by atoms with van der Waals surface area (Å²) in [5, 5.41) is 4.93. The number of hydrogen-bond acceptors (Lipinski definition) is 1. The van der Waals surface area contributed by atoms with Crippen LogP contribution < -0.4 is 5.32 Å². The van der Waals surface area contributed by atoms with Gasteiger partial charge in [-0.3, -0.25) is 0 Å². The monoisotopic (exact) mass is 228 g/mol. The lowest BCUT2D eigenvalue weighted by Crippen LogP contribution is -2.33. The molecule has 0 bridgehead atoms. The second-order valence-corrected chi connectivity index (χ2v) is 5.49. The number of fused-ring (bicyclic) bond motifs is 1. The van der Waals surface area contributed by atoms with E-state index < -0.39 is 0 Å². The normalized spacial score (nSPS) is 25.3. The first-order valence-corrected chi connectivity index (χ1v) is 6.52. The number of aromatic amines is 1. The Morgan fingerprint density at radius 2 is 2.12 bits per heavy atom. The van der Waals surface area contributed by atoms with Crippen LogP contribution in [0.4, 0.5) is 0 Å². The largest absolute Gasteiger partial charge is 0.361 e. The lowest BCUT2D eigenvalue weighted by atomic mass is 9.86. The minimum Gasteiger partial charge on any atom is -0.361 e. The van der Waals surface area contributed by atoms with E-state index in [0.29, 0.717) is 5.92 Å². The van der Waals surface area contributed by atoms with Crippen molar-refractivity contribution in [3.63, 3.8) is 0 Å². The Kier molecular flexibility index (Phi) is 2.67. The molecule has 2 nitrogen and oxygen atoms in total. The van der Waals surface area contributed by atoms with Gasteiger partial charge >= 0.3 is 0 Å². The highest BCUT2D eigenvalue weighted by atomic mass is 14.9. The van der Waals surface area contributed by atoms with Gasteiger partial charge in [0, 0.05) is 23.6 Å². The van der Waals surface area contributed by atoms with Crippen LogP contribution in [0.1, 0.15) is 30.4 Å². The summed E-state index contributed by atoms with van der Waals surface area (Å²) in [4.78, 5) is 3.41. The summed E-state index contributed by atoms with van der Waals surface area (Å²) in [7, 11) is 0. The van der Waals surface area contributed by atoms with E-state index in [1.165, 1.54) is 28.5 Å². The highest BCUT2D eigenvalue weighted by molar-refractivity contribution is 5.84. The van der Waals surface area contributed by atoms with Gasteiger partial charge in [-0.15, -0.1) is 0 Å². The molecule has 2 aromatic rings. The fourth-order valence-electron chi connectivity index (χ4n) is 2.99. The maximum absolute atomic E-state index is 3.54. The lowest BCUT2D eigenvalue weighted by Gasteiger charge is -2.27. The molecule has 0 saturated carbocycles. The van der Waals surface area contributed by atoms with E-state index in [1.807, 2.05) is 0 Å². The number of piperidine rings is 1. The first kappa shape index (κ1) is 10.8. The summed E-state index contributed by atoms with van der Waals surface area (Å²) in [6, 6.07) is 6.70. The molecule has 1 aromatic heterocycles. The van der Waals surface area contributed by atoms with Crippen LogP contribution in [-0.4, -0.2) is 18.1 Å². The zero-order valence-corrected chi connectivity index (χ0v) is 10.6. The van der Waals surface area contributed by atoms with Gasteiger partial charge in [0.15, 0.2) is 0 Å². The molecule has 1 fully saturated rings. The number of aryl methyl sites for hydroxylation is 1. The number of nitrogens with one attached hydrogen (secondary N) is 2. The fourth-order valence-corrected chi connectivity index (χ4v) is 2.99. The molecule has 1 aliphatic heterocycles. The highest BCUT2D eigenvalue weighted by Crippen LogP contribution is 2.31. The van der Waals surface area contributed by atoms with E-state index in [2.05, 4.69) is 48.5 Å². The first-order chi connectivity index (χ1) is 8.24. The summed E-state index contributed by atoms with van der Waals surface area (Å²) < 4.78 is 0. The van der Waals surface area contributed by atoms with E-state index in [4.69, 9.17) is 0 Å². The van der Waals surface area contributed by atoms with Crippen molar-refractivity contribution >= 4 is 10.9 Å². The topological polar surface area (TPSA) is 27.8 Å². The zero-order valence-electron chi connectivity index (χ0n) is 10.6. The Hall–Kier alpha value is -1.28. The van der Waals surface area contributed by atoms with Crippen molar-refractivity contribution in [1.29, 1.82) is 0 Å². The smallest absolute Gasteiger partial charge is 0.0459 e. The molecule has 0 amide bonds. The number of hydrogen-bond donors (Lipinski definition) is 2. The summed E-state index contributed by atoms with van der Waals surface area (Å²) in [5.74, 6) is 1.44. The number of aromatic nitrogens is 1. The SMILES string of the molecule is Cc1ccc2c([C@@H]3CNC[C@H](C)C3)c[nH]c2c1. The lowest BCUT2D eigenvalue weighted by molar-refractivity contribution is 0.365. The summed E-state index contributed by atoms with van der Waals surface area (Å²) in [6.45, 7) is 6.76. The predicted molar refractivity (Wildman–Crippen MR) is 72.4 cm³/mol. The maximum Gasteiger partial charge on any atom is 0.0459 e. The summed E-state index contributed by atoms with van der Waals surface area (Å²) in [5.41, 5.74) is 4.08. The quantitative estimate of drug-likeness (QED) is 0.771. The predicted octanol–water partition coefficient (Wildman–Crippen LogP) is 3.19. The molecule has 0 aliphatic carbocycles. The van der Waals surface area contributed by atoms with Crippen LogP contribution in [0.2, 0.25) is 0 Å². The molecule has 1 aliphatic rings. The van der Waals surface area contributed by atoms with Crippen molar-refractivity contribution in [2.24, 2.45) is 5.92 Å². The van der Waals surface area contributed by atoms with Gasteiger partial charge in [-0.25, -0.2) is 0 Å². The molecule has 3 rings (SSSR count). The third kappa shape index (κ3) is 1.98. The van der Waals surface area contributed by atoms with Crippen molar-refractivity contribution in [3.05, 3.63) is 35.5 Å². The molecule has 2 heteroatoms. The van der Waals surface area contributed by atoms with Gasteiger partial charge in [-0.1, -0.05) is 19.1 Å². The van der Waals surface area contributed by atoms with Crippen LogP contribution in [0.5, 0.6) is 0 Å². The molecule has 2 N–H and O–H groups in total. The van der Waals surface area contributed by atoms with Crippen molar-refractivity contribution in [2.75, 3.05) is 13.1 Å². The van der Waals surface area contributed by atoms with Gasteiger partial charge in [-0.05, 0) is 48.9 Å². The van der Waals surface area contributed by atoms with Gasteiger partial charge in [-0.2, -0.15) is 0 Å². The molecule has 0 spiro atoms. The van der Waals surface area contributed by atoms with E-state index in [9.17, 15) is 0 Å². The van der Waals surface area contributed by atoms with Crippen molar-refractivity contribution in [1.82, 2.24) is 10.3 Å². The number of benzene rings is 1. The van der Waals surface area contributed by atoms with Crippen LogP contribution in [-0.2, 0) is 0 Å². The molecule has 2 atom stereocenters. The second kappa shape index (κ2) is 4.19. The average Bonchev–Trinajstić information content (AvgIpc) is 2.71. The molecule has 1 saturated heterocycles. The Bertz CT molecular complexity index is 527. The Morgan fingerprint density at radius 3 is 2.94 bits per heavy atom. The highest BCUT2D eigenvalue weighted by Gasteiger charge is 2.22. The van der Waals surface area contributed by atoms with Crippen LogP contribution >= 0.6 is 0 Å². The zero-order chi connectivity index (χ0) is 11.8. The standard InChI is InChI=1S/C15H20N2/c1-10-3-4-13-14(9-17-15(13)6-10)12-5-11(2)7-16-8-12/h3-4,6,9,11-12,16-17H,5,7-8H2,1-2H3/t11-,12+/m1/s1. The van der Waals surface area contributed by atoms with E-state index in [-0.39, 0.29) is 0 Å². The molecule has 90 valence electrons. The van der Waals surface area contributed by atoms with Gasteiger partial charge in [0.1, 0.15) is 0 Å². The van der Waals surface area contributed by atoms with E-state index in [0.717, 1.165) is 19.0 Å². The Labute approximate surface area is 102 Å². The Balaban J connectivity index is 1.99. The molecule has 17 heavy (non-hydrogen) atoms. The molecule has 0 unspecified atom stereocenters. The molecule has 1 aromatic carbocycles. The number of rotatable bonds is 1. The minimum absolute atomic E-state index is 0.662. The average molecular weight is 228 g/mol.